The second-order valence-electron chi connectivity index (χ2n) is 4.62. The highest BCUT2D eigenvalue weighted by Crippen LogP contribution is 2.17. The summed E-state index contributed by atoms with van der Waals surface area (Å²) in [7, 11) is 0. The molecule has 5 N–H and O–H groups in total. The number of amides is 1. The van der Waals surface area contributed by atoms with Crippen molar-refractivity contribution in [2.24, 2.45) is 5.73 Å². The van der Waals surface area contributed by atoms with Crippen molar-refractivity contribution in [3.8, 4) is 5.69 Å². The number of nitrogens with one attached hydrogen (secondary N) is 1. The Kier molecular flexibility index (Phi) is 3.15. The zero-order valence-corrected chi connectivity index (χ0v) is 11.2. The van der Waals surface area contributed by atoms with Gasteiger partial charge in [-0.05, 0) is 23.8 Å². The van der Waals surface area contributed by atoms with E-state index < -0.39 is 5.91 Å². The Morgan fingerprint density at radius 1 is 1.29 bits per heavy atom. The summed E-state index contributed by atoms with van der Waals surface area (Å²) in [6.07, 6.45) is 4.10. The number of aromatic nitrogens is 4. The van der Waals surface area contributed by atoms with Crippen LogP contribution < -0.4 is 11.5 Å². The van der Waals surface area contributed by atoms with Crippen molar-refractivity contribution in [1.29, 1.82) is 0 Å². The van der Waals surface area contributed by atoms with Crippen molar-refractivity contribution in [2.45, 2.75) is 6.42 Å². The highest BCUT2D eigenvalue weighted by atomic mass is 16.1. The van der Waals surface area contributed by atoms with Crippen LogP contribution in [0.25, 0.3) is 5.69 Å². The summed E-state index contributed by atoms with van der Waals surface area (Å²) in [6.45, 7) is 0. The number of primary amides is 1. The predicted octanol–water partition coefficient (Wildman–Crippen LogP) is 0.867. The molecule has 0 unspecified atom stereocenters. The molecule has 0 aliphatic carbocycles. The quantitative estimate of drug-likeness (QED) is 0.658. The second-order valence-corrected chi connectivity index (χ2v) is 4.62. The molecule has 106 valence electrons. The summed E-state index contributed by atoms with van der Waals surface area (Å²) >= 11 is 0. The van der Waals surface area contributed by atoms with Gasteiger partial charge in [0.1, 0.15) is 5.56 Å². The van der Waals surface area contributed by atoms with Crippen molar-refractivity contribution >= 4 is 11.7 Å². The lowest BCUT2D eigenvalue weighted by Crippen LogP contribution is -2.14. The molecule has 0 saturated heterocycles. The van der Waals surface area contributed by atoms with Crippen molar-refractivity contribution in [1.82, 2.24) is 20.0 Å². The summed E-state index contributed by atoms with van der Waals surface area (Å²) in [6, 6.07) is 9.68. The first-order valence-electron chi connectivity index (χ1n) is 6.36. The van der Waals surface area contributed by atoms with E-state index in [0.29, 0.717) is 12.1 Å². The third-order valence-electron chi connectivity index (χ3n) is 3.20. The minimum atomic E-state index is -0.579. The number of H-pyrrole nitrogens is 1. The number of carbonyl (C=O) groups excluding carboxylic acids is 1. The number of nitrogens with two attached hydrogens (primary N) is 2. The van der Waals surface area contributed by atoms with Crippen LogP contribution in [0.3, 0.4) is 0 Å². The van der Waals surface area contributed by atoms with E-state index >= 15 is 0 Å². The molecule has 1 aromatic carbocycles. The molecule has 3 rings (SSSR count). The summed E-state index contributed by atoms with van der Waals surface area (Å²) in [4.78, 5) is 11.4. The molecular weight excluding hydrogens is 268 g/mol. The van der Waals surface area contributed by atoms with Gasteiger partial charge < -0.3 is 11.5 Å². The Bertz CT molecular complexity index is 757. The molecule has 0 saturated carbocycles. The van der Waals surface area contributed by atoms with Crippen LogP contribution in [0.15, 0.2) is 42.7 Å². The molecule has 2 aromatic heterocycles. The fourth-order valence-electron chi connectivity index (χ4n) is 2.19. The van der Waals surface area contributed by atoms with Crippen LogP contribution in [0, 0.1) is 0 Å². The van der Waals surface area contributed by atoms with E-state index in [9.17, 15) is 4.79 Å². The normalized spacial score (nSPS) is 10.7. The van der Waals surface area contributed by atoms with Crippen LogP contribution in [0.5, 0.6) is 0 Å². The summed E-state index contributed by atoms with van der Waals surface area (Å²) in [5.74, 6) is -0.449. The number of rotatable bonds is 4. The molecule has 1 amide bonds. The van der Waals surface area contributed by atoms with Gasteiger partial charge in [-0.1, -0.05) is 12.1 Å². The van der Waals surface area contributed by atoms with Crippen LogP contribution in [0.2, 0.25) is 0 Å². The zero-order valence-electron chi connectivity index (χ0n) is 11.2. The third kappa shape index (κ3) is 2.48. The maximum Gasteiger partial charge on any atom is 0.254 e. The molecule has 0 radical (unpaired) electrons. The van der Waals surface area contributed by atoms with E-state index in [2.05, 4.69) is 15.3 Å². The standard InChI is InChI=1S/C14H14N6O/c15-13-12(14(16)21)11(18-19-13)8-9-2-4-10(5-3-9)20-7-1-6-17-20/h1-7H,8H2,(H2,16,21)(H3,15,18,19). The molecule has 3 aromatic rings. The number of nitrogen functional groups attached to an aromatic ring is 1. The van der Waals surface area contributed by atoms with Gasteiger partial charge in [-0.25, -0.2) is 4.68 Å². The van der Waals surface area contributed by atoms with Gasteiger partial charge in [0.05, 0.1) is 11.4 Å². The SMILES string of the molecule is NC(=O)c1c(N)n[nH]c1Cc1ccc(-n2cccn2)cc1. The first kappa shape index (κ1) is 12.9. The summed E-state index contributed by atoms with van der Waals surface area (Å²) in [5.41, 5.74) is 13.8. The van der Waals surface area contributed by atoms with Gasteiger partial charge in [-0.2, -0.15) is 10.2 Å². The van der Waals surface area contributed by atoms with E-state index in [4.69, 9.17) is 11.5 Å². The zero-order chi connectivity index (χ0) is 14.8. The van der Waals surface area contributed by atoms with Gasteiger partial charge in [0.15, 0.2) is 5.82 Å². The average Bonchev–Trinajstić information content (AvgIpc) is 3.10. The summed E-state index contributed by atoms with van der Waals surface area (Å²) < 4.78 is 1.77. The maximum atomic E-state index is 11.4. The average molecular weight is 282 g/mol. The van der Waals surface area contributed by atoms with Crippen LogP contribution in [0.1, 0.15) is 21.6 Å². The number of nitrogens with zero attached hydrogens (tertiary/aromatic N) is 3. The van der Waals surface area contributed by atoms with Crippen LogP contribution in [0.4, 0.5) is 5.82 Å². The minimum Gasteiger partial charge on any atom is -0.382 e. The molecular formula is C14H14N6O. The molecule has 7 nitrogen and oxygen atoms in total. The molecule has 0 aliphatic heterocycles. The smallest absolute Gasteiger partial charge is 0.254 e. The number of aromatic amines is 1. The number of hydrogen-bond acceptors (Lipinski definition) is 4. The lowest BCUT2D eigenvalue weighted by Gasteiger charge is -2.04. The number of benzene rings is 1. The molecule has 0 fully saturated rings. The fourth-order valence-corrected chi connectivity index (χ4v) is 2.19. The monoisotopic (exact) mass is 282 g/mol. The largest absolute Gasteiger partial charge is 0.382 e. The van der Waals surface area contributed by atoms with Crippen molar-refractivity contribution < 1.29 is 4.79 Å². The molecule has 21 heavy (non-hydrogen) atoms. The van der Waals surface area contributed by atoms with Crippen molar-refractivity contribution in [3.63, 3.8) is 0 Å². The third-order valence-corrected chi connectivity index (χ3v) is 3.20. The van der Waals surface area contributed by atoms with E-state index in [1.54, 1.807) is 10.9 Å². The first-order chi connectivity index (χ1) is 10.1. The Morgan fingerprint density at radius 2 is 2.05 bits per heavy atom. The van der Waals surface area contributed by atoms with Gasteiger partial charge in [-0.3, -0.25) is 9.89 Å². The lowest BCUT2D eigenvalue weighted by molar-refractivity contribution is 0.100. The van der Waals surface area contributed by atoms with Crippen LogP contribution in [-0.4, -0.2) is 25.9 Å². The second kappa shape index (κ2) is 5.12. The number of carbonyl (C=O) groups is 1. The Labute approximate surface area is 120 Å². The lowest BCUT2D eigenvalue weighted by atomic mass is 10.1. The molecule has 0 aliphatic rings. The Hall–Kier alpha value is -3.09. The topological polar surface area (TPSA) is 116 Å². The van der Waals surface area contributed by atoms with E-state index in [1.165, 1.54) is 0 Å². The molecule has 0 atom stereocenters. The Balaban J connectivity index is 1.84. The van der Waals surface area contributed by atoms with Crippen LogP contribution >= 0.6 is 0 Å². The molecule has 0 spiro atoms. The van der Waals surface area contributed by atoms with Crippen molar-refractivity contribution in [2.75, 3.05) is 5.73 Å². The minimum absolute atomic E-state index is 0.130. The van der Waals surface area contributed by atoms with Gasteiger partial charge in [0.2, 0.25) is 0 Å². The van der Waals surface area contributed by atoms with Gasteiger partial charge in [-0.15, -0.1) is 0 Å². The van der Waals surface area contributed by atoms with Crippen molar-refractivity contribution in [3.05, 3.63) is 59.5 Å². The van der Waals surface area contributed by atoms with Gasteiger partial charge in [0, 0.05) is 18.8 Å². The Morgan fingerprint density at radius 3 is 2.67 bits per heavy atom. The van der Waals surface area contributed by atoms with Gasteiger partial charge in [0.25, 0.3) is 5.91 Å². The highest BCUT2D eigenvalue weighted by Gasteiger charge is 2.16. The number of anilines is 1. The summed E-state index contributed by atoms with van der Waals surface area (Å²) in [5, 5.41) is 10.7. The molecule has 2 heterocycles. The molecule has 7 heteroatoms. The first-order valence-corrected chi connectivity index (χ1v) is 6.36. The van der Waals surface area contributed by atoms with E-state index in [0.717, 1.165) is 11.3 Å². The predicted molar refractivity (Wildman–Crippen MR) is 77.9 cm³/mol. The maximum absolute atomic E-state index is 11.4. The molecule has 0 bridgehead atoms. The van der Waals surface area contributed by atoms with E-state index in [1.807, 2.05) is 36.5 Å². The van der Waals surface area contributed by atoms with E-state index in [-0.39, 0.29) is 11.4 Å². The van der Waals surface area contributed by atoms with Crippen LogP contribution in [-0.2, 0) is 6.42 Å². The van der Waals surface area contributed by atoms with Gasteiger partial charge >= 0.3 is 0 Å². The fraction of sp³-hybridized carbons (Fsp3) is 0.0714. The number of hydrogen-bond donors (Lipinski definition) is 3. The highest BCUT2D eigenvalue weighted by molar-refractivity contribution is 5.98.